The predicted octanol–water partition coefficient (Wildman–Crippen LogP) is 0.948. The van der Waals surface area contributed by atoms with Gasteiger partial charge in [-0.15, -0.1) is 5.10 Å². The molecule has 0 amide bonds. The number of rotatable bonds is 2. The predicted molar refractivity (Wildman–Crippen MR) is 60.7 cm³/mol. The van der Waals surface area contributed by atoms with Crippen LogP contribution in [-0.4, -0.2) is 26.1 Å². The fourth-order valence-electron chi connectivity index (χ4n) is 2.19. The molecular weight excluding hydrogens is 204 g/mol. The first-order chi connectivity index (χ1) is 7.48. The average molecular weight is 224 g/mol. The van der Waals surface area contributed by atoms with Crippen molar-refractivity contribution < 1.29 is 5.11 Å². The van der Waals surface area contributed by atoms with E-state index in [-0.39, 0.29) is 12.1 Å². The van der Waals surface area contributed by atoms with Crippen LogP contribution in [0.4, 0.5) is 0 Å². The van der Waals surface area contributed by atoms with Crippen molar-refractivity contribution in [3.8, 4) is 0 Å². The quantitative estimate of drug-likeness (QED) is 0.784. The van der Waals surface area contributed by atoms with Gasteiger partial charge in [0.05, 0.1) is 12.2 Å². The van der Waals surface area contributed by atoms with Crippen LogP contribution < -0.4 is 5.73 Å². The summed E-state index contributed by atoms with van der Waals surface area (Å²) in [6.45, 7) is 3.42. The van der Waals surface area contributed by atoms with Gasteiger partial charge in [0.15, 0.2) is 0 Å². The van der Waals surface area contributed by atoms with Crippen LogP contribution in [-0.2, 0) is 5.60 Å². The van der Waals surface area contributed by atoms with Gasteiger partial charge in [-0.05, 0) is 26.7 Å². The van der Waals surface area contributed by atoms with Crippen LogP contribution in [0, 0.1) is 0 Å². The van der Waals surface area contributed by atoms with Crippen molar-refractivity contribution in [1.29, 1.82) is 0 Å². The lowest BCUT2D eigenvalue weighted by molar-refractivity contribution is 0.0737. The lowest BCUT2D eigenvalue weighted by atomic mass is 9.91. The van der Waals surface area contributed by atoms with Gasteiger partial charge in [0.1, 0.15) is 11.3 Å². The molecule has 1 aliphatic rings. The highest BCUT2D eigenvalue weighted by Crippen LogP contribution is 2.27. The molecule has 2 atom stereocenters. The maximum absolute atomic E-state index is 9.82. The first-order valence-electron chi connectivity index (χ1n) is 5.89. The highest BCUT2D eigenvalue weighted by molar-refractivity contribution is 5.04. The summed E-state index contributed by atoms with van der Waals surface area (Å²) in [6.07, 6.45) is 6.30. The Balaban J connectivity index is 2.18. The Hall–Kier alpha value is -0.940. The molecule has 2 unspecified atom stereocenters. The van der Waals surface area contributed by atoms with Gasteiger partial charge in [-0.3, -0.25) is 0 Å². The third-order valence-electron chi connectivity index (χ3n) is 3.26. The van der Waals surface area contributed by atoms with Crippen LogP contribution in [0.15, 0.2) is 6.20 Å². The third-order valence-corrected chi connectivity index (χ3v) is 3.26. The summed E-state index contributed by atoms with van der Waals surface area (Å²) in [4.78, 5) is 0. The summed E-state index contributed by atoms with van der Waals surface area (Å²) in [5.74, 6) is 0. The topological polar surface area (TPSA) is 77.0 Å². The molecule has 3 N–H and O–H groups in total. The number of nitrogens with zero attached hydrogens (tertiary/aromatic N) is 3. The van der Waals surface area contributed by atoms with Gasteiger partial charge in [-0.2, -0.15) is 0 Å². The van der Waals surface area contributed by atoms with E-state index < -0.39 is 5.60 Å². The van der Waals surface area contributed by atoms with Crippen LogP contribution in [0.3, 0.4) is 0 Å². The van der Waals surface area contributed by atoms with Gasteiger partial charge in [0.25, 0.3) is 0 Å². The number of hydrogen-bond acceptors (Lipinski definition) is 4. The highest BCUT2D eigenvalue weighted by atomic mass is 16.3. The van der Waals surface area contributed by atoms with E-state index in [1.54, 1.807) is 13.8 Å². The molecule has 1 saturated carbocycles. The zero-order valence-corrected chi connectivity index (χ0v) is 9.93. The van der Waals surface area contributed by atoms with E-state index in [9.17, 15) is 5.11 Å². The highest BCUT2D eigenvalue weighted by Gasteiger charge is 2.27. The normalized spacial score (nSPS) is 27.0. The van der Waals surface area contributed by atoms with Crippen LogP contribution in [0.1, 0.15) is 51.3 Å². The van der Waals surface area contributed by atoms with Crippen molar-refractivity contribution in [2.75, 3.05) is 0 Å². The zero-order valence-electron chi connectivity index (χ0n) is 9.93. The maximum atomic E-state index is 9.82. The SMILES string of the molecule is CC(C)(O)c1cn(C2CCCCC2N)nn1. The first kappa shape index (κ1) is 11.5. The van der Waals surface area contributed by atoms with Gasteiger partial charge >= 0.3 is 0 Å². The van der Waals surface area contributed by atoms with Crippen LogP contribution in [0.2, 0.25) is 0 Å². The van der Waals surface area contributed by atoms with E-state index in [1.807, 2.05) is 10.9 Å². The zero-order chi connectivity index (χ0) is 11.8. The second-order valence-corrected chi connectivity index (χ2v) is 5.16. The molecule has 5 heteroatoms. The smallest absolute Gasteiger partial charge is 0.114 e. The first-order valence-corrected chi connectivity index (χ1v) is 5.89. The number of aliphatic hydroxyl groups is 1. The van der Waals surface area contributed by atoms with Gasteiger partial charge in [0, 0.05) is 6.04 Å². The van der Waals surface area contributed by atoms with Crippen molar-refractivity contribution >= 4 is 0 Å². The summed E-state index contributed by atoms with van der Waals surface area (Å²) < 4.78 is 1.82. The van der Waals surface area contributed by atoms with Gasteiger partial charge in [0.2, 0.25) is 0 Å². The molecule has 1 aromatic heterocycles. The Bertz CT molecular complexity index is 355. The Morgan fingerprint density at radius 1 is 1.44 bits per heavy atom. The van der Waals surface area contributed by atoms with E-state index in [4.69, 9.17) is 5.73 Å². The van der Waals surface area contributed by atoms with Gasteiger partial charge < -0.3 is 10.8 Å². The van der Waals surface area contributed by atoms with Crippen molar-refractivity contribution in [1.82, 2.24) is 15.0 Å². The van der Waals surface area contributed by atoms with Crippen molar-refractivity contribution in [3.63, 3.8) is 0 Å². The summed E-state index contributed by atoms with van der Waals surface area (Å²) in [7, 11) is 0. The van der Waals surface area contributed by atoms with E-state index in [0.29, 0.717) is 5.69 Å². The molecular formula is C11H20N4O. The van der Waals surface area contributed by atoms with Crippen LogP contribution in [0.25, 0.3) is 0 Å². The lowest BCUT2D eigenvalue weighted by Gasteiger charge is -2.28. The maximum Gasteiger partial charge on any atom is 0.114 e. The Morgan fingerprint density at radius 3 is 2.69 bits per heavy atom. The molecule has 1 heterocycles. The number of hydrogen-bond donors (Lipinski definition) is 2. The molecule has 0 radical (unpaired) electrons. The number of nitrogens with two attached hydrogens (primary N) is 1. The fraction of sp³-hybridized carbons (Fsp3) is 0.818. The summed E-state index contributed by atoms with van der Waals surface area (Å²) in [5, 5.41) is 17.9. The van der Waals surface area contributed by atoms with E-state index >= 15 is 0 Å². The molecule has 0 aliphatic heterocycles. The Morgan fingerprint density at radius 2 is 2.12 bits per heavy atom. The molecule has 16 heavy (non-hydrogen) atoms. The van der Waals surface area contributed by atoms with E-state index in [1.165, 1.54) is 12.8 Å². The molecule has 90 valence electrons. The van der Waals surface area contributed by atoms with E-state index in [0.717, 1.165) is 12.8 Å². The second-order valence-electron chi connectivity index (χ2n) is 5.16. The second kappa shape index (κ2) is 4.14. The average Bonchev–Trinajstić information content (AvgIpc) is 2.66. The molecule has 1 aromatic rings. The summed E-state index contributed by atoms with van der Waals surface area (Å²) in [5.41, 5.74) is 5.75. The minimum Gasteiger partial charge on any atom is -0.384 e. The van der Waals surface area contributed by atoms with Gasteiger partial charge in [-0.25, -0.2) is 4.68 Å². The largest absolute Gasteiger partial charge is 0.384 e. The Kier molecular flexibility index (Phi) is 2.99. The molecule has 2 rings (SSSR count). The minimum absolute atomic E-state index is 0.158. The lowest BCUT2D eigenvalue weighted by Crippen LogP contribution is -2.35. The van der Waals surface area contributed by atoms with Crippen molar-refractivity contribution in [2.45, 2.75) is 57.2 Å². The van der Waals surface area contributed by atoms with Crippen molar-refractivity contribution in [3.05, 3.63) is 11.9 Å². The van der Waals surface area contributed by atoms with Gasteiger partial charge in [-0.1, -0.05) is 18.1 Å². The molecule has 0 spiro atoms. The molecule has 5 nitrogen and oxygen atoms in total. The minimum atomic E-state index is -0.934. The summed E-state index contributed by atoms with van der Waals surface area (Å²) in [6, 6.07) is 0.391. The molecule has 1 aliphatic carbocycles. The van der Waals surface area contributed by atoms with Crippen LogP contribution in [0.5, 0.6) is 0 Å². The molecule has 1 fully saturated rings. The molecule has 0 saturated heterocycles. The molecule has 0 bridgehead atoms. The standard InChI is InChI=1S/C11H20N4O/c1-11(2,16)10-7-15(14-13-10)9-6-4-3-5-8(9)12/h7-9,16H,3-6,12H2,1-2H3. The van der Waals surface area contributed by atoms with E-state index in [2.05, 4.69) is 10.3 Å². The fourth-order valence-corrected chi connectivity index (χ4v) is 2.19. The van der Waals surface area contributed by atoms with Crippen LogP contribution >= 0.6 is 0 Å². The summed E-state index contributed by atoms with van der Waals surface area (Å²) >= 11 is 0. The monoisotopic (exact) mass is 224 g/mol. The number of aromatic nitrogens is 3. The Labute approximate surface area is 95.6 Å². The molecule has 0 aromatic carbocycles. The van der Waals surface area contributed by atoms with Crippen molar-refractivity contribution in [2.24, 2.45) is 5.73 Å². The third kappa shape index (κ3) is 2.25.